The summed E-state index contributed by atoms with van der Waals surface area (Å²) < 4.78 is 0. The molecular formula is C15H24N2O. The molecule has 4 bridgehead atoms. The molecule has 1 amide bonds. The molecule has 0 aromatic heterocycles. The molecule has 1 aliphatic heterocycles. The van der Waals surface area contributed by atoms with Gasteiger partial charge < -0.3 is 10.2 Å². The van der Waals surface area contributed by atoms with Crippen LogP contribution in [0.25, 0.3) is 0 Å². The van der Waals surface area contributed by atoms with Crippen molar-refractivity contribution in [2.24, 2.45) is 23.7 Å². The van der Waals surface area contributed by atoms with Crippen LogP contribution in [0.5, 0.6) is 0 Å². The summed E-state index contributed by atoms with van der Waals surface area (Å²) in [6.45, 7) is 4.68. The Kier molecular flexibility index (Phi) is 2.33. The SMILES string of the molecule is CCN1C(=O)CNCC12C1CC3CC(C1)CC2C3. The van der Waals surface area contributed by atoms with Gasteiger partial charge in [-0.25, -0.2) is 0 Å². The monoisotopic (exact) mass is 248 g/mol. The summed E-state index contributed by atoms with van der Waals surface area (Å²) in [6, 6.07) is 0. The molecular weight excluding hydrogens is 224 g/mol. The van der Waals surface area contributed by atoms with Crippen molar-refractivity contribution in [1.82, 2.24) is 10.2 Å². The molecule has 0 aromatic rings. The summed E-state index contributed by atoms with van der Waals surface area (Å²) in [6.07, 6.45) is 7.03. The fourth-order valence-electron chi connectivity index (χ4n) is 5.99. The highest BCUT2D eigenvalue weighted by Gasteiger charge is 2.60. The minimum Gasteiger partial charge on any atom is -0.334 e. The van der Waals surface area contributed by atoms with E-state index in [1.165, 1.54) is 32.1 Å². The largest absolute Gasteiger partial charge is 0.334 e. The second-order valence-electron chi connectivity index (χ2n) is 7.04. The molecule has 0 aromatic carbocycles. The van der Waals surface area contributed by atoms with Gasteiger partial charge in [0.2, 0.25) is 5.91 Å². The van der Waals surface area contributed by atoms with Crippen molar-refractivity contribution in [3.05, 3.63) is 0 Å². The Morgan fingerprint density at radius 2 is 1.78 bits per heavy atom. The van der Waals surface area contributed by atoms with Crippen LogP contribution >= 0.6 is 0 Å². The number of nitrogens with zero attached hydrogens (tertiary/aromatic N) is 1. The number of rotatable bonds is 1. The van der Waals surface area contributed by atoms with Gasteiger partial charge in [0.1, 0.15) is 0 Å². The van der Waals surface area contributed by atoms with E-state index in [0.717, 1.165) is 36.8 Å². The molecule has 100 valence electrons. The Morgan fingerprint density at radius 3 is 2.33 bits per heavy atom. The van der Waals surface area contributed by atoms with Crippen molar-refractivity contribution in [1.29, 1.82) is 0 Å². The van der Waals surface area contributed by atoms with Crippen molar-refractivity contribution >= 4 is 5.91 Å². The number of hydrogen-bond donors (Lipinski definition) is 1. The third-order valence-electron chi connectivity index (χ3n) is 6.36. The molecule has 5 fully saturated rings. The van der Waals surface area contributed by atoms with Gasteiger partial charge in [0, 0.05) is 13.1 Å². The molecule has 4 saturated carbocycles. The summed E-state index contributed by atoms with van der Waals surface area (Å²) in [7, 11) is 0. The topological polar surface area (TPSA) is 32.3 Å². The van der Waals surface area contributed by atoms with Gasteiger partial charge >= 0.3 is 0 Å². The average molecular weight is 248 g/mol. The first-order valence-electron chi connectivity index (χ1n) is 7.75. The molecule has 1 heterocycles. The molecule has 0 unspecified atom stereocenters. The van der Waals surface area contributed by atoms with E-state index in [1.54, 1.807) is 0 Å². The Hall–Kier alpha value is -0.570. The van der Waals surface area contributed by atoms with Gasteiger partial charge in [-0.2, -0.15) is 0 Å². The van der Waals surface area contributed by atoms with Crippen LogP contribution < -0.4 is 5.32 Å². The van der Waals surface area contributed by atoms with Crippen LogP contribution in [0.15, 0.2) is 0 Å². The van der Waals surface area contributed by atoms with Crippen LogP contribution in [0.1, 0.15) is 39.0 Å². The van der Waals surface area contributed by atoms with Gasteiger partial charge in [-0.15, -0.1) is 0 Å². The minimum absolute atomic E-state index is 0.192. The lowest BCUT2D eigenvalue weighted by molar-refractivity contribution is -0.170. The zero-order valence-corrected chi connectivity index (χ0v) is 11.3. The van der Waals surface area contributed by atoms with E-state index in [9.17, 15) is 4.79 Å². The Balaban J connectivity index is 1.75. The quantitative estimate of drug-likeness (QED) is 0.765. The van der Waals surface area contributed by atoms with Gasteiger partial charge in [-0.1, -0.05) is 0 Å². The number of nitrogens with one attached hydrogen (secondary N) is 1. The van der Waals surface area contributed by atoms with Crippen LogP contribution in [0.2, 0.25) is 0 Å². The number of carbonyl (C=O) groups is 1. The van der Waals surface area contributed by atoms with E-state index in [-0.39, 0.29) is 5.54 Å². The summed E-state index contributed by atoms with van der Waals surface area (Å²) >= 11 is 0. The van der Waals surface area contributed by atoms with Crippen molar-refractivity contribution in [3.8, 4) is 0 Å². The van der Waals surface area contributed by atoms with E-state index >= 15 is 0 Å². The Bertz CT molecular complexity index is 351. The first kappa shape index (κ1) is 11.3. The van der Waals surface area contributed by atoms with E-state index in [4.69, 9.17) is 0 Å². The normalized spacial score (nSPS) is 50.3. The van der Waals surface area contributed by atoms with E-state index in [2.05, 4.69) is 17.1 Å². The minimum atomic E-state index is 0.192. The molecule has 3 nitrogen and oxygen atoms in total. The third-order valence-corrected chi connectivity index (χ3v) is 6.36. The molecule has 3 heteroatoms. The van der Waals surface area contributed by atoms with Crippen LogP contribution in [-0.2, 0) is 4.79 Å². The van der Waals surface area contributed by atoms with Crippen LogP contribution in [0.3, 0.4) is 0 Å². The lowest BCUT2D eigenvalue weighted by atomic mass is 9.47. The summed E-state index contributed by atoms with van der Waals surface area (Å²) in [5.74, 6) is 3.87. The second kappa shape index (κ2) is 3.72. The number of amides is 1. The molecule has 5 aliphatic rings. The van der Waals surface area contributed by atoms with Gasteiger partial charge in [-0.3, -0.25) is 4.79 Å². The highest BCUT2D eigenvalue weighted by Crippen LogP contribution is 2.60. The molecule has 1 spiro atoms. The Labute approximate surface area is 109 Å². The van der Waals surface area contributed by atoms with Crippen LogP contribution in [0.4, 0.5) is 0 Å². The zero-order chi connectivity index (χ0) is 12.3. The highest BCUT2D eigenvalue weighted by molar-refractivity contribution is 5.80. The van der Waals surface area contributed by atoms with Crippen molar-refractivity contribution in [3.63, 3.8) is 0 Å². The predicted octanol–water partition coefficient (Wildman–Crippen LogP) is 1.63. The van der Waals surface area contributed by atoms with E-state index in [0.29, 0.717) is 12.5 Å². The Morgan fingerprint density at radius 1 is 1.17 bits per heavy atom. The first-order valence-corrected chi connectivity index (χ1v) is 7.75. The lowest BCUT2D eigenvalue weighted by Crippen LogP contribution is -2.74. The predicted molar refractivity (Wildman–Crippen MR) is 70.0 cm³/mol. The number of carbonyl (C=O) groups excluding carboxylic acids is 1. The lowest BCUT2D eigenvalue weighted by Gasteiger charge is -2.65. The maximum Gasteiger partial charge on any atom is 0.237 e. The smallest absolute Gasteiger partial charge is 0.237 e. The van der Waals surface area contributed by atoms with Crippen molar-refractivity contribution < 1.29 is 4.79 Å². The molecule has 1 N–H and O–H groups in total. The molecule has 1 saturated heterocycles. The van der Waals surface area contributed by atoms with Crippen LogP contribution in [0, 0.1) is 23.7 Å². The summed E-state index contributed by atoms with van der Waals surface area (Å²) in [5, 5.41) is 3.43. The summed E-state index contributed by atoms with van der Waals surface area (Å²) in [4.78, 5) is 14.5. The van der Waals surface area contributed by atoms with Gasteiger partial charge in [0.15, 0.2) is 0 Å². The zero-order valence-electron chi connectivity index (χ0n) is 11.3. The van der Waals surface area contributed by atoms with Gasteiger partial charge in [0.25, 0.3) is 0 Å². The molecule has 4 aliphatic carbocycles. The fraction of sp³-hybridized carbons (Fsp3) is 0.933. The standard InChI is InChI=1S/C15H24N2O/c1-2-17-14(18)8-16-9-15(17)12-4-10-3-11(6-12)7-13(15)5-10/h10-13,16H,2-9H2,1H3. The second-order valence-corrected chi connectivity index (χ2v) is 7.04. The van der Waals surface area contributed by atoms with Crippen molar-refractivity contribution in [2.45, 2.75) is 44.6 Å². The third kappa shape index (κ3) is 1.26. The fourth-order valence-corrected chi connectivity index (χ4v) is 5.99. The average Bonchev–Trinajstić information content (AvgIpc) is 2.35. The van der Waals surface area contributed by atoms with E-state index in [1.807, 2.05) is 0 Å². The molecule has 18 heavy (non-hydrogen) atoms. The first-order chi connectivity index (χ1) is 8.74. The van der Waals surface area contributed by atoms with Crippen LogP contribution in [-0.4, -0.2) is 36.0 Å². The van der Waals surface area contributed by atoms with Crippen molar-refractivity contribution in [2.75, 3.05) is 19.6 Å². The maximum atomic E-state index is 12.3. The number of hydrogen-bond acceptors (Lipinski definition) is 2. The van der Waals surface area contributed by atoms with Gasteiger partial charge in [-0.05, 0) is 62.7 Å². The summed E-state index contributed by atoms with van der Waals surface area (Å²) in [5.41, 5.74) is 0.192. The highest BCUT2D eigenvalue weighted by atomic mass is 16.2. The number of likely N-dealkylation sites (N-methyl/N-ethyl adjacent to an activating group) is 1. The maximum absolute atomic E-state index is 12.3. The molecule has 0 atom stereocenters. The van der Waals surface area contributed by atoms with Gasteiger partial charge in [0.05, 0.1) is 12.1 Å². The number of piperazine rings is 1. The molecule has 5 rings (SSSR count). The molecule has 0 radical (unpaired) electrons. The van der Waals surface area contributed by atoms with E-state index < -0.39 is 0 Å².